The van der Waals surface area contributed by atoms with Crippen LogP contribution in [0.25, 0.3) is 11.1 Å². The van der Waals surface area contributed by atoms with Gasteiger partial charge in [0.2, 0.25) is 0 Å². The summed E-state index contributed by atoms with van der Waals surface area (Å²) in [4.78, 5) is 22.0. The number of hydrogen-bond donors (Lipinski definition) is 1. The highest BCUT2D eigenvalue weighted by Gasteiger charge is 2.28. The lowest BCUT2D eigenvalue weighted by molar-refractivity contribution is 0.0938. The summed E-state index contributed by atoms with van der Waals surface area (Å²) in [5.74, 6) is 1.62. The number of aromatic nitrogens is 1. The van der Waals surface area contributed by atoms with Gasteiger partial charge in [-0.15, -0.1) is 11.3 Å². The lowest BCUT2D eigenvalue weighted by atomic mass is 9.77. The number of Topliss-reactive ketones (excluding diaryl/α,β-unsaturated/α-hetero) is 1. The number of nitrogens with two attached hydrogens (primary N) is 1. The number of thiazole rings is 1. The Hall–Kier alpha value is -2.50. The molecular weight excluding hydrogens is 474 g/mol. The second-order valence-electron chi connectivity index (χ2n) is 11.1. The predicted octanol–water partition coefficient (Wildman–Crippen LogP) is 7.43. The predicted molar refractivity (Wildman–Crippen MR) is 155 cm³/mol. The summed E-state index contributed by atoms with van der Waals surface area (Å²) in [6.07, 6.45) is 11.5. The Kier molecular flexibility index (Phi) is 8.73. The van der Waals surface area contributed by atoms with Crippen molar-refractivity contribution in [2.75, 3.05) is 18.8 Å². The van der Waals surface area contributed by atoms with Crippen molar-refractivity contribution in [3.05, 3.63) is 70.7 Å². The van der Waals surface area contributed by atoms with Crippen LogP contribution in [-0.4, -0.2) is 34.8 Å². The number of anilines is 1. The lowest BCUT2D eigenvalue weighted by Gasteiger charge is -2.36. The molecule has 2 aliphatic rings. The van der Waals surface area contributed by atoms with Crippen LogP contribution in [-0.2, 0) is 12.8 Å². The third-order valence-electron chi connectivity index (χ3n) is 8.53. The quantitative estimate of drug-likeness (QED) is 0.285. The fraction of sp³-hybridized carbons (Fsp3) is 0.500. The normalized spacial score (nSPS) is 21.6. The van der Waals surface area contributed by atoms with Crippen molar-refractivity contribution in [1.29, 1.82) is 0 Å². The number of fused-ring (bicyclic) bond motifs is 1. The second kappa shape index (κ2) is 12.4. The van der Waals surface area contributed by atoms with Gasteiger partial charge in [-0.2, -0.15) is 0 Å². The number of carbonyl (C=O) groups is 1. The van der Waals surface area contributed by atoms with Gasteiger partial charge in [-0.1, -0.05) is 74.4 Å². The Labute approximate surface area is 226 Å². The molecule has 1 atom stereocenters. The van der Waals surface area contributed by atoms with E-state index in [4.69, 9.17) is 5.73 Å². The van der Waals surface area contributed by atoms with E-state index in [0.29, 0.717) is 24.2 Å². The van der Waals surface area contributed by atoms with Crippen molar-refractivity contribution in [3.8, 4) is 11.1 Å². The molecule has 1 heterocycles. The molecule has 0 saturated heterocycles. The number of carbonyl (C=O) groups excluding carboxylic acids is 1. The fourth-order valence-electron chi connectivity index (χ4n) is 6.49. The number of ketones is 1. The van der Waals surface area contributed by atoms with E-state index in [9.17, 15) is 4.79 Å². The van der Waals surface area contributed by atoms with Gasteiger partial charge >= 0.3 is 0 Å². The number of nitrogens with zero attached hydrogens (tertiary/aromatic N) is 2. The van der Waals surface area contributed by atoms with Gasteiger partial charge in [-0.3, -0.25) is 4.79 Å². The minimum atomic E-state index is 0.303. The molecule has 196 valence electrons. The van der Waals surface area contributed by atoms with Gasteiger partial charge in [-0.05, 0) is 81.0 Å². The maximum absolute atomic E-state index is 13.3. The third kappa shape index (κ3) is 6.50. The van der Waals surface area contributed by atoms with Crippen LogP contribution < -0.4 is 5.73 Å². The van der Waals surface area contributed by atoms with E-state index in [1.54, 1.807) is 11.3 Å². The molecule has 0 aliphatic heterocycles. The topological polar surface area (TPSA) is 59.2 Å². The molecule has 2 aromatic carbocycles. The average Bonchev–Trinajstić information content (AvgIpc) is 3.31. The molecule has 5 rings (SSSR count). The molecule has 0 bridgehead atoms. The monoisotopic (exact) mass is 515 g/mol. The number of nitrogen functional groups attached to an aromatic ring is 1. The van der Waals surface area contributed by atoms with Crippen LogP contribution in [0.3, 0.4) is 0 Å². The zero-order chi connectivity index (χ0) is 25.6. The molecule has 2 N–H and O–H groups in total. The van der Waals surface area contributed by atoms with Gasteiger partial charge in [0.05, 0.1) is 5.69 Å². The number of hydrogen-bond acceptors (Lipinski definition) is 5. The van der Waals surface area contributed by atoms with E-state index in [2.05, 4.69) is 35.0 Å². The SMILES string of the molecule is CCCN(CCC1CCC(CC(=O)c2ccccc2-c2ccccc2)CC1)[C@H]1CCc2nc(N)sc2C1. The summed E-state index contributed by atoms with van der Waals surface area (Å²) in [7, 11) is 0. The van der Waals surface area contributed by atoms with Crippen LogP contribution in [0.5, 0.6) is 0 Å². The van der Waals surface area contributed by atoms with Crippen molar-refractivity contribution in [2.45, 2.75) is 77.2 Å². The maximum Gasteiger partial charge on any atom is 0.180 e. The summed E-state index contributed by atoms with van der Waals surface area (Å²) < 4.78 is 0. The van der Waals surface area contributed by atoms with Crippen molar-refractivity contribution in [1.82, 2.24) is 9.88 Å². The zero-order valence-corrected chi connectivity index (χ0v) is 23.0. The number of rotatable bonds is 10. The van der Waals surface area contributed by atoms with Crippen molar-refractivity contribution in [2.24, 2.45) is 11.8 Å². The molecule has 0 radical (unpaired) electrons. The summed E-state index contributed by atoms with van der Waals surface area (Å²) in [6, 6.07) is 19.0. The Morgan fingerprint density at radius 2 is 1.70 bits per heavy atom. The van der Waals surface area contributed by atoms with E-state index < -0.39 is 0 Å². The fourth-order valence-corrected chi connectivity index (χ4v) is 7.44. The van der Waals surface area contributed by atoms with Crippen molar-refractivity contribution < 1.29 is 4.79 Å². The van der Waals surface area contributed by atoms with Crippen LogP contribution in [0.2, 0.25) is 0 Å². The highest BCUT2D eigenvalue weighted by atomic mass is 32.1. The van der Waals surface area contributed by atoms with Gasteiger partial charge in [0.1, 0.15) is 0 Å². The second-order valence-corrected chi connectivity index (χ2v) is 12.2. The van der Waals surface area contributed by atoms with Gasteiger partial charge in [0.25, 0.3) is 0 Å². The van der Waals surface area contributed by atoms with Gasteiger partial charge in [0.15, 0.2) is 10.9 Å². The van der Waals surface area contributed by atoms with E-state index >= 15 is 0 Å². The Morgan fingerprint density at radius 1 is 0.973 bits per heavy atom. The van der Waals surface area contributed by atoms with Crippen LogP contribution in [0, 0.1) is 11.8 Å². The summed E-state index contributed by atoms with van der Waals surface area (Å²) in [5.41, 5.74) is 10.3. The van der Waals surface area contributed by atoms with Gasteiger partial charge < -0.3 is 10.6 Å². The van der Waals surface area contributed by atoms with Gasteiger partial charge in [-0.25, -0.2) is 4.98 Å². The average molecular weight is 516 g/mol. The largest absolute Gasteiger partial charge is 0.375 e. The molecule has 0 spiro atoms. The lowest BCUT2D eigenvalue weighted by Crippen LogP contribution is -2.41. The van der Waals surface area contributed by atoms with Gasteiger partial charge in [0, 0.05) is 22.9 Å². The van der Waals surface area contributed by atoms with E-state index in [1.165, 1.54) is 68.6 Å². The molecule has 1 aromatic heterocycles. The first-order chi connectivity index (χ1) is 18.1. The van der Waals surface area contributed by atoms with Crippen molar-refractivity contribution in [3.63, 3.8) is 0 Å². The van der Waals surface area contributed by atoms with Crippen LogP contribution in [0.1, 0.15) is 79.2 Å². The zero-order valence-electron chi connectivity index (χ0n) is 22.2. The molecular formula is C32H41N3OS. The Balaban J connectivity index is 1.11. The third-order valence-corrected chi connectivity index (χ3v) is 9.48. The standard InChI is InChI=1S/C32H41N3OS/c1-2-19-35(26-16-17-29-31(22-26)37-32(33)34-29)20-18-23-12-14-24(15-13-23)21-30(36)28-11-7-6-10-27(28)25-8-4-3-5-9-25/h3-11,23-24,26H,2,12-22H2,1H3,(H2,33,34)/t23?,24?,26-/m0/s1. The molecule has 1 fully saturated rings. The molecule has 0 amide bonds. The highest BCUT2D eigenvalue weighted by Crippen LogP contribution is 2.36. The summed E-state index contributed by atoms with van der Waals surface area (Å²) >= 11 is 1.69. The van der Waals surface area contributed by atoms with E-state index in [0.717, 1.165) is 40.6 Å². The molecule has 3 aromatic rings. The van der Waals surface area contributed by atoms with E-state index in [1.807, 2.05) is 36.4 Å². The minimum absolute atomic E-state index is 0.303. The molecule has 0 unspecified atom stereocenters. The first kappa shape index (κ1) is 26.1. The minimum Gasteiger partial charge on any atom is -0.375 e. The Bertz CT molecular complexity index is 1170. The first-order valence-electron chi connectivity index (χ1n) is 14.3. The molecule has 2 aliphatic carbocycles. The van der Waals surface area contributed by atoms with E-state index in [-0.39, 0.29) is 0 Å². The van der Waals surface area contributed by atoms with Crippen LogP contribution in [0.4, 0.5) is 5.13 Å². The van der Waals surface area contributed by atoms with Crippen LogP contribution >= 0.6 is 11.3 Å². The number of aryl methyl sites for hydroxylation is 1. The molecule has 5 heteroatoms. The number of benzene rings is 2. The highest BCUT2D eigenvalue weighted by molar-refractivity contribution is 7.15. The molecule has 4 nitrogen and oxygen atoms in total. The molecule has 37 heavy (non-hydrogen) atoms. The first-order valence-corrected chi connectivity index (χ1v) is 15.1. The maximum atomic E-state index is 13.3. The van der Waals surface area contributed by atoms with Crippen LogP contribution in [0.15, 0.2) is 54.6 Å². The smallest absolute Gasteiger partial charge is 0.180 e. The van der Waals surface area contributed by atoms with Crippen molar-refractivity contribution >= 4 is 22.3 Å². The Morgan fingerprint density at radius 3 is 2.49 bits per heavy atom. The summed E-state index contributed by atoms with van der Waals surface area (Å²) in [6.45, 7) is 4.67. The molecule has 1 saturated carbocycles. The summed E-state index contributed by atoms with van der Waals surface area (Å²) in [5, 5.41) is 0.728.